The molecule has 1 unspecified atom stereocenters. The molecule has 1 aromatic rings. The molecular formula is C14H15NO3. The first kappa shape index (κ1) is 12.5. The fraction of sp³-hybridized carbons (Fsp3) is 0.357. The number of aryl methyl sites for hydroxylation is 1. The number of hydrogen-bond acceptors (Lipinski definition) is 4. The molecule has 0 spiro atoms. The fourth-order valence-corrected chi connectivity index (χ4v) is 1.90. The van der Waals surface area contributed by atoms with Crippen LogP contribution in [-0.4, -0.2) is 24.6 Å². The van der Waals surface area contributed by atoms with E-state index in [4.69, 9.17) is 4.74 Å². The molecule has 1 atom stereocenters. The molecule has 1 aliphatic rings. The molecule has 1 heterocycles. The van der Waals surface area contributed by atoms with Crippen LogP contribution in [0.5, 0.6) is 0 Å². The second kappa shape index (κ2) is 5.12. The molecular weight excluding hydrogens is 230 g/mol. The van der Waals surface area contributed by atoms with Crippen LogP contribution in [0.3, 0.4) is 0 Å². The largest absolute Gasteiger partial charge is 0.465 e. The van der Waals surface area contributed by atoms with Crippen molar-refractivity contribution in [3.63, 3.8) is 0 Å². The number of hydrogen-bond donors (Lipinski definition) is 0. The molecule has 0 saturated carbocycles. The Hall–Kier alpha value is -1.97. The quantitative estimate of drug-likeness (QED) is 0.606. The van der Waals surface area contributed by atoms with Crippen molar-refractivity contribution >= 4 is 23.7 Å². The Morgan fingerprint density at radius 1 is 1.39 bits per heavy atom. The van der Waals surface area contributed by atoms with E-state index in [-0.39, 0.29) is 12.4 Å². The molecule has 0 radical (unpaired) electrons. The van der Waals surface area contributed by atoms with Crippen LogP contribution >= 0.6 is 0 Å². The second-order valence-corrected chi connectivity index (χ2v) is 4.08. The highest BCUT2D eigenvalue weighted by molar-refractivity contribution is 6.22. The van der Waals surface area contributed by atoms with Crippen molar-refractivity contribution in [1.82, 2.24) is 0 Å². The monoisotopic (exact) mass is 245 g/mol. The van der Waals surface area contributed by atoms with E-state index in [0.29, 0.717) is 11.3 Å². The first-order valence-corrected chi connectivity index (χ1v) is 6.05. The maximum Gasteiger partial charge on any atom is 0.322 e. The lowest BCUT2D eigenvalue weighted by Crippen LogP contribution is -2.29. The first-order valence-electron chi connectivity index (χ1n) is 6.05. The Morgan fingerprint density at radius 2 is 2.17 bits per heavy atom. The maximum absolute atomic E-state index is 12.2. The van der Waals surface area contributed by atoms with Gasteiger partial charge in [-0.2, -0.15) is 0 Å². The number of ether oxygens (including phenoxy) is 1. The highest BCUT2D eigenvalue weighted by atomic mass is 16.5. The third kappa shape index (κ3) is 2.18. The maximum atomic E-state index is 12.2. The number of carbonyl (C=O) groups is 2. The first-order chi connectivity index (χ1) is 8.67. The molecule has 0 bridgehead atoms. The molecule has 0 aromatic heterocycles. The van der Waals surface area contributed by atoms with Crippen LogP contribution < -0.4 is 0 Å². The van der Waals surface area contributed by atoms with Gasteiger partial charge in [-0.3, -0.25) is 14.6 Å². The number of carbonyl (C=O) groups excluding carboxylic acids is 2. The van der Waals surface area contributed by atoms with Crippen molar-refractivity contribution < 1.29 is 14.3 Å². The molecule has 2 rings (SSSR count). The third-order valence-corrected chi connectivity index (χ3v) is 2.92. The standard InChI is InChI=1S/C14H15NO3/c1-3-9-5-6-12-10(7-9)13(16)11(8-15-12)14(17)18-4-2/h5-8,11H,3-4H2,1-2H3. The molecule has 18 heavy (non-hydrogen) atoms. The van der Waals surface area contributed by atoms with Crippen molar-refractivity contribution in [2.45, 2.75) is 20.3 Å². The van der Waals surface area contributed by atoms with Crippen molar-refractivity contribution in [2.24, 2.45) is 10.9 Å². The van der Waals surface area contributed by atoms with E-state index in [1.165, 1.54) is 6.21 Å². The second-order valence-electron chi connectivity index (χ2n) is 4.08. The van der Waals surface area contributed by atoms with Gasteiger partial charge in [0, 0.05) is 11.8 Å². The minimum atomic E-state index is -0.899. The van der Waals surface area contributed by atoms with Crippen molar-refractivity contribution in [1.29, 1.82) is 0 Å². The number of ketones is 1. The van der Waals surface area contributed by atoms with Gasteiger partial charge in [0.25, 0.3) is 0 Å². The van der Waals surface area contributed by atoms with Crippen molar-refractivity contribution in [2.75, 3.05) is 6.61 Å². The molecule has 94 valence electrons. The van der Waals surface area contributed by atoms with Gasteiger partial charge in [0.2, 0.25) is 0 Å². The summed E-state index contributed by atoms with van der Waals surface area (Å²) in [7, 11) is 0. The summed E-state index contributed by atoms with van der Waals surface area (Å²) in [5.41, 5.74) is 2.19. The number of Topliss-reactive ketones (excluding diaryl/α,β-unsaturated/α-hetero) is 1. The van der Waals surface area contributed by atoms with Gasteiger partial charge in [-0.05, 0) is 31.0 Å². The van der Waals surface area contributed by atoms with Gasteiger partial charge >= 0.3 is 5.97 Å². The van der Waals surface area contributed by atoms with E-state index in [1.807, 2.05) is 19.1 Å². The number of esters is 1. The van der Waals surface area contributed by atoms with E-state index in [2.05, 4.69) is 4.99 Å². The van der Waals surface area contributed by atoms with Crippen LogP contribution in [0, 0.1) is 5.92 Å². The highest BCUT2D eigenvalue weighted by Crippen LogP contribution is 2.27. The van der Waals surface area contributed by atoms with Gasteiger partial charge in [0.1, 0.15) is 0 Å². The molecule has 4 nitrogen and oxygen atoms in total. The molecule has 0 N–H and O–H groups in total. The lowest BCUT2D eigenvalue weighted by atomic mass is 9.93. The molecule has 1 aliphatic heterocycles. The zero-order valence-electron chi connectivity index (χ0n) is 10.5. The van der Waals surface area contributed by atoms with Gasteiger partial charge in [0.15, 0.2) is 11.7 Å². The number of rotatable bonds is 3. The predicted octanol–water partition coefficient (Wildman–Crippen LogP) is 2.33. The minimum absolute atomic E-state index is 0.228. The van der Waals surface area contributed by atoms with Crippen LogP contribution in [0.2, 0.25) is 0 Å². The van der Waals surface area contributed by atoms with Crippen molar-refractivity contribution in [3.05, 3.63) is 29.3 Å². The van der Waals surface area contributed by atoms with E-state index < -0.39 is 11.9 Å². The summed E-state index contributed by atoms with van der Waals surface area (Å²) in [5.74, 6) is -1.66. The smallest absolute Gasteiger partial charge is 0.322 e. The molecule has 1 aromatic carbocycles. The summed E-state index contributed by atoms with van der Waals surface area (Å²) in [4.78, 5) is 28.0. The number of fused-ring (bicyclic) bond motifs is 1. The highest BCUT2D eigenvalue weighted by Gasteiger charge is 2.31. The Morgan fingerprint density at radius 3 is 2.83 bits per heavy atom. The van der Waals surface area contributed by atoms with Crippen LogP contribution in [0.15, 0.2) is 23.2 Å². The molecule has 0 aliphatic carbocycles. The topological polar surface area (TPSA) is 55.7 Å². The summed E-state index contributed by atoms with van der Waals surface area (Å²) in [5, 5.41) is 0. The fourth-order valence-electron chi connectivity index (χ4n) is 1.90. The van der Waals surface area contributed by atoms with Gasteiger partial charge in [0.05, 0.1) is 12.3 Å². The van der Waals surface area contributed by atoms with Gasteiger partial charge < -0.3 is 4.74 Å². The number of benzene rings is 1. The Bertz CT molecular complexity index is 520. The minimum Gasteiger partial charge on any atom is -0.465 e. The summed E-state index contributed by atoms with van der Waals surface area (Å²) >= 11 is 0. The summed E-state index contributed by atoms with van der Waals surface area (Å²) < 4.78 is 4.87. The zero-order valence-corrected chi connectivity index (χ0v) is 10.5. The van der Waals surface area contributed by atoms with Gasteiger partial charge in [-0.15, -0.1) is 0 Å². The van der Waals surface area contributed by atoms with E-state index in [0.717, 1.165) is 12.0 Å². The van der Waals surface area contributed by atoms with Crippen LogP contribution in [0.25, 0.3) is 0 Å². The Balaban J connectivity index is 2.34. The van der Waals surface area contributed by atoms with E-state index >= 15 is 0 Å². The molecule has 0 fully saturated rings. The Labute approximate surface area is 106 Å². The van der Waals surface area contributed by atoms with E-state index in [1.54, 1.807) is 13.0 Å². The van der Waals surface area contributed by atoms with Crippen molar-refractivity contribution in [3.8, 4) is 0 Å². The normalized spacial score (nSPS) is 17.4. The summed E-state index contributed by atoms with van der Waals surface area (Å²) in [6.07, 6.45) is 2.21. The molecule has 0 saturated heterocycles. The molecule has 4 heteroatoms. The van der Waals surface area contributed by atoms with Crippen LogP contribution in [0.4, 0.5) is 5.69 Å². The zero-order chi connectivity index (χ0) is 13.1. The molecule has 0 amide bonds. The van der Waals surface area contributed by atoms with E-state index in [9.17, 15) is 9.59 Å². The lowest BCUT2D eigenvalue weighted by molar-refractivity contribution is -0.143. The third-order valence-electron chi connectivity index (χ3n) is 2.92. The lowest BCUT2D eigenvalue weighted by Gasteiger charge is -2.16. The van der Waals surface area contributed by atoms with Gasteiger partial charge in [-0.1, -0.05) is 13.0 Å². The Kier molecular flexibility index (Phi) is 3.55. The number of nitrogens with zero attached hydrogens (tertiary/aromatic N) is 1. The average molecular weight is 245 g/mol. The number of aliphatic imine (C=N–C) groups is 1. The SMILES string of the molecule is CCOC(=O)C1C=Nc2ccc(CC)cc2C1=O. The summed E-state index contributed by atoms with van der Waals surface area (Å²) in [6.45, 7) is 3.99. The summed E-state index contributed by atoms with van der Waals surface area (Å²) in [6, 6.07) is 5.55. The van der Waals surface area contributed by atoms with Gasteiger partial charge in [-0.25, -0.2) is 0 Å². The average Bonchev–Trinajstić information content (AvgIpc) is 2.39. The predicted molar refractivity (Wildman–Crippen MR) is 68.4 cm³/mol. The van der Waals surface area contributed by atoms with Crippen LogP contribution in [0.1, 0.15) is 29.8 Å². The van der Waals surface area contributed by atoms with Crippen LogP contribution in [-0.2, 0) is 16.0 Å².